The van der Waals surface area contributed by atoms with Gasteiger partial charge in [-0.2, -0.15) is 0 Å². The largest absolute Gasteiger partial charge is 0.756 e. The van der Waals surface area contributed by atoms with Crippen LogP contribution in [-0.4, -0.2) is 68.5 Å². The van der Waals surface area contributed by atoms with Crippen LogP contribution in [0.2, 0.25) is 0 Å². The van der Waals surface area contributed by atoms with Crippen LogP contribution in [0.3, 0.4) is 0 Å². The highest BCUT2D eigenvalue weighted by atomic mass is 31.2. The van der Waals surface area contributed by atoms with Crippen molar-refractivity contribution in [3.63, 3.8) is 0 Å². The molecule has 9 heteroatoms. The highest BCUT2D eigenvalue weighted by Gasteiger charge is 2.23. The predicted octanol–water partition coefficient (Wildman–Crippen LogP) is 9.16. The van der Waals surface area contributed by atoms with Crippen molar-refractivity contribution in [3.05, 3.63) is 24.3 Å². The van der Waals surface area contributed by atoms with Gasteiger partial charge < -0.3 is 28.8 Å². The Morgan fingerprint density at radius 1 is 0.723 bits per heavy atom. The van der Waals surface area contributed by atoms with E-state index in [4.69, 9.17) is 9.05 Å². The molecule has 278 valence electrons. The van der Waals surface area contributed by atoms with Crippen LogP contribution < -0.4 is 10.2 Å². The molecule has 0 rings (SSSR count). The number of unbranched alkanes of at least 4 members (excludes halogenated alkanes) is 19. The van der Waals surface area contributed by atoms with Gasteiger partial charge in [-0.15, -0.1) is 0 Å². The molecule has 1 unspecified atom stereocenters. The first kappa shape index (κ1) is 46.0. The lowest BCUT2D eigenvalue weighted by Gasteiger charge is -2.29. The zero-order chi connectivity index (χ0) is 35.1. The third kappa shape index (κ3) is 33.3. The zero-order valence-electron chi connectivity index (χ0n) is 31.2. The molecular weight excluding hydrogens is 611 g/mol. The van der Waals surface area contributed by atoms with E-state index in [0.29, 0.717) is 17.4 Å². The van der Waals surface area contributed by atoms with Crippen LogP contribution in [0.15, 0.2) is 24.3 Å². The number of likely N-dealkylation sites (N-methyl/N-ethyl adjacent to an activating group) is 1. The summed E-state index contributed by atoms with van der Waals surface area (Å²) in [5.41, 5.74) is 0. The number of quaternary nitrogens is 1. The summed E-state index contributed by atoms with van der Waals surface area (Å²) in [5, 5.41) is 13.6. The number of hydrogen-bond donors (Lipinski definition) is 2. The molecule has 0 saturated carbocycles. The smallest absolute Gasteiger partial charge is 0.268 e. The minimum atomic E-state index is -4.58. The fourth-order valence-electron chi connectivity index (χ4n) is 5.28. The van der Waals surface area contributed by atoms with Gasteiger partial charge >= 0.3 is 0 Å². The summed E-state index contributed by atoms with van der Waals surface area (Å²) in [7, 11) is 1.24. The van der Waals surface area contributed by atoms with E-state index in [-0.39, 0.29) is 12.5 Å². The van der Waals surface area contributed by atoms with Crippen molar-refractivity contribution in [1.82, 2.24) is 5.32 Å². The Morgan fingerprint density at radius 3 is 1.72 bits per heavy atom. The second-order valence-corrected chi connectivity index (χ2v) is 15.7. The van der Waals surface area contributed by atoms with Crippen molar-refractivity contribution in [3.8, 4) is 0 Å². The molecule has 47 heavy (non-hydrogen) atoms. The van der Waals surface area contributed by atoms with Crippen molar-refractivity contribution in [2.45, 2.75) is 174 Å². The molecule has 0 saturated heterocycles. The number of phosphoric acid groups is 1. The Morgan fingerprint density at radius 2 is 1.19 bits per heavy atom. The van der Waals surface area contributed by atoms with Crippen LogP contribution in [0, 0.1) is 0 Å². The van der Waals surface area contributed by atoms with Crippen LogP contribution in [-0.2, 0) is 18.4 Å². The molecule has 0 aliphatic carbocycles. The first-order chi connectivity index (χ1) is 22.5. The Bertz CT molecular complexity index is 829. The van der Waals surface area contributed by atoms with Gasteiger partial charge in [0.05, 0.1) is 39.9 Å². The highest BCUT2D eigenvalue weighted by Crippen LogP contribution is 2.38. The van der Waals surface area contributed by atoms with E-state index in [9.17, 15) is 19.4 Å². The van der Waals surface area contributed by atoms with Crippen molar-refractivity contribution in [2.24, 2.45) is 0 Å². The molecule has 0 bridgehead atoms. The highest BCUT2D eigenvalue weighted by molar-refractivity contribution is 7.45. The first-order valence-electron chi connectivity index (χ1n) is 19.2. The second-order valence-electron chi connectivity index (χ2n) is 14.3. The fourth-order valence-corrected chi connectivity index (χ4v) is 6.01. The van der Waals surface area contributed by atoms with Crippen LogP contribution >= 0.6 is 7.82 Å². The van der Waals surface area contributed by atoms with Crippen molar-refractivity contribution >= 4 is 13.7 Å². The molecule has 8 nitrogen and oxygen atoms in total. The average molecular weight is 687 g/mol. The van der Waals surface area contributed by atoms with Crippen LogP contribution in [0.25, 0.3) is 0 Å². The van der Waals surface area contributed by atoms with Gasteiger partial charge in [-0.25, -0.2) is 0 Å². The third-order valence-corrected chi connectivity index (χ3v) is 9.38. The Hall–Kier alpha value is -1.02. The van der Waals surface area contributed by atoms with Gasteiger partial charge in [0.1, 0.15) is 13.2 Å². The quantitative estimate of drug-likeness (QED) is 0.0303. The first-order valence-corrected chi connectivity index (χ1v) is 20.7. The molecule has 0 heterocycles. The SMILES string of the molecule is CCCCC/C=C/CC/C=C/[C@@H](O)[C@H](COP(=O)([O-])OCC[N+](C)(C)C)NC(=O)CCCCCCCCCCCCCCCCCC. The van der Waals surface area contributed by atoms with E-state index < -0.39 is 26.6 Å². The summed E-state index contributed by atoms with van der Waals surface area (Å²) in [6.07, 6.45) is 33.7. The molecule has 0 aromatic carbocycles. The van der Waals surface area contributed by atoms with E-state index in [1.165, 1.54) is 103 Å². The standard InChI is InChI=1S/C38H75N2O6P/c1-6-8-10-12-14-16-17-18-19-20-21-22-24-26-28-30-32-38(42)39-36(35-46-47(43,44)45-34-33-40(3,4)5)37(41)31-29-27-25-23-15-13-11-9-7-2/h15,23,29,31,36-37,41H,6-14,16-22,24-28,30,32-35H2,1-5H3,(H-,39,42,43,44)/b23-15+,31-29+/t36-,37+/m0/s1. The van der Waals surface area contributed by atoms with Gasteiger partial charge in [0.15, 0.2) is 0 Å². The Labute approximate surface area is 290 Å². The number of phosphoric ester groups is 1. The van der Waals surface area contributed by atoms with E-state index >= 15 is 0 Å². The maximum Gasteiger partial charge on any atom is 0.268 e. The molecule has 0 radical (unpaired) electrons. The van der Waals surface area contributed by atoms with Gasteiger partial charge in [-0.3, -0.25) is 9.36 Å². The molecular formula is C38H75N2O6P. The Balaban J connectivity index is 4.45. The number of rotatable bonds is 34. The molecule has 0 aromatic rings. The number of nitrogens with zero attached hydrogens (tertiary/aromatic N) is 1. The van der Waals surface area contributed by atoms with Gasteiger partial charge in [-0.1, -0.05) is 147 Å². The second kappa shape index (κ2) is 31.0. The van der Waals surface area contributed by atoms with E-state index in [2.05, 4.69) is 31.3 Å². The topological polar surface area (TPSA) is 108 Å². The van der Waals surface area contributed by atoms with E-state index in [1.54, 1.807) is 6.08 Å². The van der Waals surface area contributed by atoms with Crippen LogP contribution in [0.4, 0.5) is 0 Å². The Kier molecular flexibility index (Phi) is 30.3. The lowest BCUT2D eigenvalue weighted by Crippen LogP contribution is -2.45. The number of amides is 1. The zero-order valence-corrected chi connectivity index (χ0v) is 32.1. The molecule has 0 aliphatic rings. The summed E-state index contributed by atoms with van der Waals surface area (Å²) < 4.78 is 23.0. The van der Waals surface area contributed by atoms with Crippen molar-refractivity contribution < 1.29 is 32.9 Å². The van der Waals surface area contributed by atoms with Gasteiger partial charge in [0, 0.05) is 6.42 Å². The number of nitrogens with one attached hydrogen (secondary N) is 1. The summed E-state index contributed by atoms with van der Waals surface area (Å²) >= 11 is 0. The fraction of sp³-hybridized carbons (Fsp3) is 0.868. The van der Waals surface area contributed by atoms with E-state index in [0.717, 1.165) is 38.5 Å². The number of carbonyl (C=O) groups excluding carboxylic acids is 1. The predicted molar refractivity (Wildman–Crippen MR) is 196 cm³/mol. The third-order valence-electron chi connectivity index (χ3n) is 8.41. The number of aliphatic hydroxyl groups is 1. The normalized spacial score (nSPS) is 15.0. The van der Waals surface area contributed by atoms with Crippen LogP contribution in [0.5, 0.6) is 0 Å². The molecule has 0 spiro atoms. The molecule has 0 fully saturated rings. The molecule has 1 amide bonds. The minimum Gasteiger partial charge on any atom is -0.756 e. The van der Waals surface area contributed by atoms with Gasteiger partial charge in [0.25, 0.3) is 7.82 Å². The lowest BCUT2D eigenvalue weighted by molar-refractivity contribution is -0.870. The summed E-state index contributed by atoms with van der Waals surface area (Å²) in [6, 6.07) is -0.895. The van der Waals surface area contributed by atoms with Crippen LogP contribution in [0.1, 0.15) is 162 Å². The van der Waals surface area contributed by atoms with Crippen molar-refractivity contribution in [1.29, 1.82) is 0 Å². The van der Waals surface area contributed by atoms with Crippen molar-refractivity contribution in [2.75, 3.05) is 40.9 Å². The molecule has 0 aromatic heterocycles. The summed E-state index contributed by atoms with van der Waals surface area (Å²) in [4.78, 5) is 25.1. The summed E-state index contributed by atoms with van der Waals surface area (Å²) in [5.74, 6) is -0.210. The van der Waals surface area contributed by atoms with Gasteiger partial charge in [0.2, 0.25) is 5.91 Å². The number of aliphatic hydroxyl groups excluding tert-OH is 1. The monoisotopic (exact) mass is 687 g/mol. The summed E-state index contributed by atoms with van der Waals surface area (Å²) in [6.45, 7) is 4.56. The maximum atomic E-state index is 12.7. The number of allylic oxidation sites excluding steroid dienone is 3. The maximum absolute atomic E-state index is 12.7. The van der Waals surface area contributed by atoms with Gasteiger partial charge in [-0.05, 0) is 32.1 Å². The average Bonchev–Trinajstić information content (AvgIpc) is 3.01. The number of hydrogen-bond acceptors (Lipinski definition) is 6. The molecule has 2 N–H and O–H groups in total. The lowest BCUT2D eigenvalue weighted by atomic mass is 10.0. The minimum absolute atomic E-state index is 0.00498. The number of carbonyl (C=O) groups is 1. The molecule has 3 atom stereocenters. The van der Waals surface area contributed by atoms with E-state index in [1.807, 2.05) is 27.2 Å². The molecule has 0 aliphatic heterocycles.